The second-order valence-electron chi connectivity index (χ2n) is 5.76. The van der Waals surface area contributed by atoms with Gasteiger partial charge in [0.1, 0.15) is 0 Å². The predicted octanol–water partition coefficient (Wildman–Crippen LogP) is 0.885. The lowest BCUT2D eigenvalue weighted by molar-refractivity contribution is -0.123. The number of esters is 1. The first-order valence-electron chi connectivity index (χ1n) is 8.62. The van der Waals surface area contributed by atoms with E-state index in [0.717, 1.165) is 4.88 Å². The zero-order valence-electron chi connectivity index (χ0n) is 15.7. The Bertz CT molecular complexity index is 1030. The van der Waals surface area contributed by atoms with E-state index in [1.54, 1.807) is 11.3 Å². The second-order valence-corrected chi connectivity index (χ2v) is 8.56. The van der Waals surface area contributed by atoms with E-state index in [0.29, 0.717) is 13.0 Å². The van der Waals surface area contributed by atoms with Crippen molar-refractivity contribution in [2.75, 3.05) is 19.7 Å². The Balaban J connectivity index is 1.75. The van der Waals surface area contributed by atoms with E-state index in [1.165, 1.54) is 24.3 Å². The number of hydrogen-bond acceptors (Lipinski definition) is 7. The van der Waals surface area contributed by atoms with Gasteiger partial charge in [0.05, 0.1) is 17.0 Å². The van der Waals surface area contributed by atoms with Crippen molar-refractivity contribution >= 4 is 39.3 Å². The van der Waals surface area contributed by atoms with E-state index in [9.17, 15) is 22.8 Å². The molecule has 0 atom stereocenters. The maximum atomic E-state index is 12.0. The number of benzene rings is 1. The number of amides is 3. The van der Waals surface area contributed by atoms with Crippen LogP contribution in [0.5, 0.6) is 0 Å². The van der Waals surface area contributed by atoms with Crippen LogP contribution < -0.4 is 15.4 Å². The van der Waals surface area contributed by atoms with Gasteiger partial charge in [-0.3, -0.25) is 10.1 Å². The van der Waals surface area contributed by atoms with Crippen LogP contribution in [0.25, 0.3) is 0 Å². The number of imide groups is 1. The van der Waals surface area contributed by atoms with E-state index < -0.39 is 34.5 Å². The molecule has 0 saturated carbocycles. The summed E-state index contributed by atoms with van der Waals surface area (Å²) >= 11 is 1.56. The van der Waals surface area contributed by atoms with Gasteiger partial charge in [-0.15, -0.1) is 17.8 Å². The highest BCUT2D eigenvalue weighted by atomic mass is 32.2. The van der Waals surface area contributed by atoms with E-state index in [4.69, 9.17) is 11.2 Å². The number of terminal acetylenes is 1. The average Bonchev–Trinajstić information content (AvgIpc) is 3.24. The van der Waals surface area contributed by atoms with Gasteiger partial charge in [-0.05, 0) is 42.1 Å². The van der Waals surface area contributed by atoms with Crippen molar-refractivity contribution in [3.8, 4) is 12.3 Å². The summed E-state index contributed by atoms with van der Waals surface area (Å²) in [6, 6.07) is 8.03. The van der Waals surface area contributed by atoms with Crippen molar-refractivity contribution in [2.45, 2.75) is 11.3 Å². The third kappa shape index (κ3) is 7.32. The lowest BCUT2D eigenvalue weighted by atomic mass is 10.2. The van der Waals surface area contributed by atoms with Crippen molar-refractivity contribution in [3.05, 3.63) is 52.2 Å². The van der Waals surface area contributed by atoms with Crippen molar-refractivity contribution in [3.63, 3.8) is 0 Å². The summed E-state index contributed by atoms with van der Waals surface area (Å²) in [5, 5.41) is 6.50. The van der Waals surface area contributed by atoms with Gasteiger partial charge >= 0.3 is 12.0 Å². The van der Waals surface area contributed by atoms with Gasteiger partial charge < -0.3 is 10.1 Å². The smallest absolute Gasteiger partial charge is 0.338 e. The summed E-state index contributed by atoms with van der Waals surface area (Å²) in [5.74, 6) is 0.511. The molecule has 0 bridgehead atoms. The Morgan fingerprint density at radius 2 is 1.87 bits per heavy atom. The van der Waals surface area contributed by atoms with Crippen LogP contribution in [-0.4, -0.2) is 46.0 Å². The standard InChI is InChI=1S/C19H19N3O6S2/c1-2-10-21-30(26,27)16-7-5-14(6-8-16)18(24)28-13-17(23)22-19(25)20-11-9-15-4-3-12-29-15/h1,3-8,12,21H,9-11,13H2,(H2,20,22,23,25). The topological polar surface area (TPSA) is 131 Å². The van der Waals surface area contributed by atoms with E-state index in [2.05, 4.69) is 16.0 Å². The van der Waals surface area contributed by atoms with Crippen LogP contribution in [0.3, 0.4) is 0 Å². The van der Waals surface area contributed by atoms with Crippen LogP contribution in [0, 0.1) is 12.3 Å². The molecule has 2 aromatic rings. The molecule has 158 valence electrons. The third-order valence-corrected chi connectivity index (χ3v) is 5.94. The molecule has 0 radical (unpaired) electrons. The fourth-order valence-corrected chi connectivity index (χ4v) is 3.81. The summed E-state index contributed by atoms with van der Waals surface area (Å²) in [6.07, 6.45) is 5.65. The Morgan fingerprint density at radius 3 is 2.50 bits per heavy atom. The lowest BCUT2D eigenvalue weighted by Gasteiger charge is -2.08. The van der Waals surface area contributed by atoms with Crippen molar-refractivity contribution < 1.29 is 27.5 Å². The molecular weight excluding hydrogens is 430 g/mol. The van der Waals surface area contributed by atoms with Gasteiger partial charge in [0, 0.05) is 11.4 Å². The van der Waals surface area contributed by atoms with E-state index in [-0.39, 0.29) is 17.0 Å². The molecule has 0 aliphatic rings. The number of urea groups is 1. The van der Waals surface area contributed by atoms with Gasteiger partial charge in [0.15, 0.2) is 6.61 Å². The molecule has 2 rings (SSSR count). The summed E-state index contributed by atoms with van der Waals surface area (Å²) in [6.45, 7) is -0.478. The predicted molar refractivity (Wildman–Crippen MR) is 110 cm³/mol. The molecule has 1 aromatic heterocycles. The van der Waals surface area contributed by atoms with Crippen LogP contribution in [0.2, 0.25) is 0 Å². The summed E-state index contributed by atoms with van der Waals surface area (Å²) in [7, 11) is -3.78. The van der Waals surface area contributed by atoms with Gasteiger partial charge in [-0.25, -0.2) is 18.0 Å². The summed E-state index contributed by atoms with van der Waals surface area (Å²) in [4.78, 5) is 36.4. The largest absolute Gasteiger partial charge is 0.452 e. The molecule has 0 fully saturated rings. The van der Waals surface area contributed by atoms with E-state index in [1.807, 2.05) is 22.8 Å². The molecule has 0 saturated heterocycles. The molecule has 0 unspecified atom stereocenters. The van der Waals surface area contributed by atoms with Gasteiger partial charge in [0.25, 0.3) is 5.91 Å². The molecule has 1 aromatic carbocycles. The number of sulfonamides is 1. The Labute approximate surface area is 177 Å². The number of ether oxygens (including phenoxy) is 1. The van der Waals surface area contributed by atoms with Gasteiger partial charge in [0.2, 0.25) is 10.0 Å². The van der Waals surface area contributed by atoms with Gasteiger partial charge in [-0.2, -0.15) is 4.72 Å². The van der Waals surface area contributed by atoms with E-state index >= 15 is 0 Å². The lowest BCUT2D eigenvalue weighted by Crippen LogP contribution is -2.42. The highest BCUT2D eigenvalue weighted by molar-refractivity contribution is 7.89. The van der Waals surface area contributed by atoms with Crippen LogP contribution in [0.15, 0.2) is 46.7 Å². The van der Waals surface area contributed by atoms with Crippen molar-refractivity contribution in [1.29, 1.82) is 0 Å². The molecule has 0 spiro atoms. The number of rotatable bonds is 9. The zero-order chi connectivity index (χ0) is 22.0. The molecular formula is C19H19N3O6S2. The van der Waals surface area contributed by atoms with Crippen LogP contribution in [0.4, 0.5) is 4.79 Å². The zero-order valence-corrected chi connectivity index (χ0v) is 17.3. The minimum absolute atomic E-state index is 0.0408. The number of hydrogen-bond donors (Lipinski definition) is 3. The van der Waals surface area contributed by atoms with Crippen LogP contribution in [0.1, 0.15) is 15.2 Å². The number of thiophene rings is 1. The third-order valence-electron chi connectivity index (χ3n) is 3.59. The monoisotopic (exact) mass is 449 g/mol. The highest BCUT2D eigenvalue weighted by Gasteiger charge is 2.16. The van der Waals surface area contributed by atoms with Crippen molar-refractivity contribution in [1.82, 2.24) is 15.4 Å². The normalized spacial score (nSPS) is 10.6. The van der Waals surface area contributed by atoms with Crippen LogP contribution in [-0.2, 0) is 26.0 Å². The van der Waals surface area contributed by atoms with Crippen LogP contribution >= 0.6 is 11.3 Å². The molecule has 3 amide bonds. The first-order valence-corrected chi connectivity index (χ1v) is 11.0. The number of carbonyl (C=O) groups is 3. The summed E-state index contributed by atoms with van der Waals surface area (Å²) in [5.41, 5.74) is 0.0408. The molecule has 0 aliphatic carbocycles. The maximum absolute atomic E-state index is 12.0. The summed E-state index contributed by atoms with van der Waals surface area (Å²) < 4.78 is 30.8. The number of nitrogens with one attached hydrogen (secondary N) is 3. The quantitative estimate of drug-likeness (QED) is 0.385. The minimum Gasteiger partial charge on any atom is -0.452 e. The molecule has 30 heavy (non-hydrogen) atoms. The number of carbonyl (C=O) groups excluding carboxylic acids is 3. The maximum Gasteiger partial charge on any atom is 0.338 e. The highest BCUT2D eigenvalue weighted by Crippen LogP contribution is 2.11. The van der Waals surface area contributed by atoms with Gasteiger partial charge in [-0.1, -0.05) is 12.0 Å². The average molecular weight is 450 g/mol. The first kappa shape index (κ1) is 23.1. The minimum atomic E-state index is -3.78. The Morgan fingerprint density at radius 1 is 1.13 bits per heavy atom. The Kier molecular flexibility index (Phi) is 8.54. The fourth-order valence-electron chi connectivity index (χ4n) is 2.17. The molecule has 3 N–H and O–H groups in total. The molecule has 9 nitrogen and oxygen atoms in total. The Hall–Kier alpha value is -3.20. The SMILES string of the molecule is C#CCNS(=O)(=O)c1ccc(C(=O)OCC(=O)NC(=O)NCCc2cccs2)cc1. The second kappa shape index (κ2) is 11.1. The fraction of sp³-hybridized carbons (Fsp3) is 0.211. The molecule has 0 aliphatic heterocycles. The molecule has 1 heterocycles. The first-order chi connectivity index (χ1) is 14.3. The molecule has 11 heteroatoms. The van der Waals surface area contributed by atoms with Crippen molar-refractivity contribution in [2.24, 2.45) is 0 Å².